The Bertz CT molecular complexity index is 317. The van der Waals surface area contributed by atoms with Gasteiger partial charge >= 0.3 is 6.43 Å². The number of ketones is 1. The third-order valence-corrected chi connectivity index (χ3v) is 1.33. The fraction of sp³-hybridized carbons (Fsp3) is 0.286. The van der Waals surface area contributed by atoms with Crippen molar-refractivity contribution in [2.45, 2.75) is 6.43 Å². The van der Waals surface area contributed by atoms with Crippen molar-refractivity contribution in [3.8, 4) is 5.88 Å². The number of nitrogens with zero attached hydrogens (tertiary/aromatic N) is 2. The van der Waals surface area contributed by atoms with Crippen LogP contribution in [0, 0.1) is 0 Å². The maximum Gasteiger partial charge on any atom is 0.300 e. The molecule has 0 unspecified atom stereocenters. The number of rotatable bonds is 3. The second-order valence-electron chi connectivity index (χ2n) is 2.11. The second kappa shape index (κ2) is 3.88. The van der Waals surface area contributed by atoms with Crippen LogP contribution in [-0.4, -0.2) is 29.3 Å². The number of methoxy groups -OCH3 is 1. The zero-order valence-corrected chi connectivity index (χ0v) is 6.70. The SMILES string of the molecule is COc1ncncc1C(=O)C(F)F. The van der Waals surface area contributed by atoms with E-state index in [2.05, 4.69) is 14.7 Å². The molecule has 0 bridgehead atoms. The fourth-order valence-electron chi connectivity index (χ4n) is 0.768. The van der Waals surface area contributed by atoms with E-state index < -0.39 is 12.2 Å². The molecule has 0 aliphatic heterocycles. The van der Waals surface area contributed by atoms with E-state index in [1.165, 1.54) is 7.11 Å². The van der Waals surface area contributed by atoms with Gasteiger partial charge in [-0.05, 0) is 0 Å². The molecule has 1 aromatic rings. The first-order valence-electron chi connectivity index (χ1n) is 3.33. The Morgan fingerprint density at radius 3 is 2.85 bits per heavy atom. The highest BCUT2D eigenvalue weighted by molar-refractivity contribution is 6.00. The maximum atomic E-state index is 12.0. The van der Waals surface area contributed by atoms with Crippen LogP contribution in [0.4, 0.5) is 8.78 Å². The van der Waals surface area contributed by atoms with E-state index in [9.17, 15) is 13.6 Å². The lowest BCUT2D eigenvalue weighted by Gasteiger charge is -2.03. The number of hydrogen-bond acceptors (Lipinski definition) is 4. The maximum absolute atomic E-state index is 12.0. The summed E-state index contributed by atoms with van der Waals surface area (Å²) in [6.45, 7) is 0. The average molecular weight is 188 g/mol. The van der Waals surface area contributed by atoms with E-state index in [1.54, 1.807) is 0 Å². The standard InChI is InChI=1S/C7H6F2N2O2/c1-13-7-4(2-10-3-11-7)5(12)6(8)9/h2-3,6H,1H3. The van der Waals surface area contributed by atoms with Gasteiger partial charge in [0.1, 0.15) is 11.9 Å². The van der Waals surface area contributed by atoms with E-state index in [0.29, 0.717) is 0 Å². The molecule has 0 saturated carbocycles. The Morgan fingerprint density at radius 2 is 2.31 bits per heavy atom. The first kappa shape index (κ1) is 9.50. The van der Waals surface area contributed by atoms with E-state index >= 15 is 0 Å². The van der Waals surface area contributed by atoms with Gasteiger partial charge in [0.25, 0.3) is 0 Å². The first-order chi connectivity index (χ1) is 6.16. The Morgan fingerprint density at radius 1 is 1.62 bits per heavy atom. The van der Waals surface area contributed by atoms with Crippen molar-refractivity contribution in [2.24, 2.45) is 0 Å². The van der Waals surface area contributed by atoms with Crippen molar-refractivity contribution in [3.63, 3.8) is 0 Å². The van der Waals surface area contributed by atoms with Gasteiger partial charge in [0.2, 0.25) is 11.7 Å². The van der Waals surface area contributed by atoms with Crippen molar-refractivity contribution >= 4 is 5.78 Å². The monoisotopic (exact) mass is 188 g/mol. The zero-order valence-electron chi connectivity index (χ0n) is 6.70. The largest absolute Gasteiger partial charge is 0.480 e. The van der Waals surface area contributed by atoms with Crippen LogP contribution in [0.3, 0.4) is 0 Å². The molecular formula is C7H6F2N2O2. The van der Waals surface area contributed by atoms with Gasteiger partial charge in [0.05, 0.1) is 7.11 Å². The minimum atomic E-state index is -3.07. The van der Waals surface area contributed by atoms with Gasteiger partial charge in [0, 0.05) is 6.20 Å². The molecule has 0 fully saturated rings. The number of aromatic nitrogens is 2. The molecule has 1 aromatic heterocycles. The molecule has 0 N–H and O–H groups in total. The summed E-state index contributed by atoms with van der Waals surface area (Å²) >= 11 is 0. The summed E-state index contributed by atoms with van der Waals surface area (Å²) < 4.78 is 28.6. The van der Waals surface area contributed by atoms with Crippen molar-refractivity contribution in [2.75, 3.05) is 7.11 Å². The average Bonchev–Trinajstić information content (AvgIpc) is 2.16. The van der Waals surface area contributed by atoms with Crippen LogP contribution in [0.15, 0.2) is 12.5 Å². The lowest BCUT2D eigenvalue weighted by molar-refractivity contribution is 0.0674. The lowest BCUT2D eigenvalue weighted by Crippen LogP contribution is -2.12. The van der Waals surface area contributed by atoms with Crippen LogP contribution in [0.5, 0.6) is 5.88 Å². The molecule has 4 nitrogen and oxygen atoms in total. The molecule has 0 saturated heterocycles. The number of hydrogen-bond donors (Lipinski definition) is 0. The Balaban J connectivity index is 3.06. The predicted octanol–water partition coefficient (Wildman–Crippen LogP) is 0.933. The third kappa shape index (κ3) is 1.95. The Kier molecular flexibility index (Phi) is 2.84. The fourth-order valence-corrected chi connectivity index (χ4v) is 0.768. The molecular weight excluding hydrogens is 182 g/mol. The number of carbonyl (C=O) groups is 1. The van der Waals surface area contributed by atoms with Crippen LogP contribution in [0.2, 0.25) is 0 Å². The van der Waals surface area contributed by atoms with Crippen molar-refractivity contribution in [1.82, 2.24) is 9.97 Å². The van der Waals surface area contributed by atoms with Crippen LogP contribution in [0.1, 0.15) is 10.4 Å². The summed E-state index contributed by atoms with van der Waals surface area (Å²) in [7, 11) is 1.24. The summed E-state index contributed by atoms with van der Waals surface area (Å²) in [6, 6.07) is 0. The summed E-state index contributed by atoms with van der Waals surface area (Å²) in [6.07, 6.45) is -0.957. The molecule has 0 aliphatic carbocycles. The highest BCUT2D eigenvalue weighted by Crippen LogP contribution is 2.15. The second-order valence-corrected chi connectivity index (χ2v) is 2.11. The van der Waals surface area contributed by atoms with Crippen LogP contribution in [0.25, 0.3) is 0 Å². The van der Waals surface area contributed by atoms with Crippen LogP contribution in [-0.2, 0) is 0 Å². The molecule has 0 aromatic carbocycles. The highest BCUT2D eigenvalue weighted by Gasteiger charge is 2.22. The minimum Gasteiger partial charge on any atom is -0.480 e. The van der Waals surface area contributed by atoms with Crippen LogP contribution >= 0.6 is 0 Å². The van der Waals surface area contributed by atoms with Gasteiger partial charge in [0.15, 0.2) is 0 Å². The highest BCUT2D eigenvalue weighted by atomic mass is 19.3. The molecule has 13 heavy (non-hydrogen) atoms. The van der Waals surface area contributed by atoms with Crippen molar-refractivity contribution in [3.05, 3.63) is 18.1 Å². The number of carbonyl (C=O) groups excluding carboxylic acids is 1. The summed E-state index contributed by atoms with van der Waals surface area (Å²) in [5.41, 5.74) is -0.306. The number of ether oxygens (including phenoxy) is 1. The molecule has 1 heterocycles. The minimum absolute atomic E-state index is 0.139. The van der Waals surface area contributed by atoms with Gasteiger partial charge in [-0.2, -0.15) is 0 Å². The number of halogens is 2. The van der Waals surface area contributed by atoms with Gasteiger partial charge in [-0.1, -0.05) is 0 Å². The van der Waals surface area contributed by atoms with Gasteiger partial charge in [-0.25, -0.2) is 18.7 Å². The molecule has 0 atom stereocenters. The van der Waals surface area contributed by atoms with E-state index in [-0.39, 0.29) is 11.4 Å². The van der Waals surface area contributed by atoms with Gasteiger partial charge < -0.3 is 4.74 Å². The number of alkyl halides is 2. The lowest BCUT2D eigenvalue weighted by atomic mass is 10.2. The van der Waals surface area contributed by atoms with Crippen molar-refractivity contribution < 1.29 is 18.3 Å². The van der Waals surface area contributed by atoms with E-state index in [0.717, 1.165) is 12.5 Å². The Labute approximate surface area is 72.6 Å². The Hall–Kier alpha value is -1.59. The molecule has 1 rings (SSSR count). The molecule has 0 amide bonds. The van der Waals surface area contributed by atoms with Gasteiger partial charge in [-0.3, -0.25) is 4.79 Å². The third-order valence-electron chi connectivity index (χ3n) is 1.33. The summed E-state index contributed by atoms with van der Waals surface area (Å²) in [5, 5.41) is 0. The molecule has 0 aliphatic rings. The molecule has 0 radical (unpaired) electrons. The molecule has 0 spiro atoms. The quantitative estimate of drug-likeness (QED) is 0.662. The zero-order chi connectivity index (χ0) is 9.84. The van der Waals surface area contributed by atoms with Gasteiger partial charge in [-0.15, -0.1) is 0 Å². The normalized spacial score (nSPS) is 10.2. The molecule has 6 heteroatoms. The van der Waals surface area contributed by atoms with E-state index in [4.69, 9.17) is 0 Å². The van der Waals surface area contributed by atoms with Crippen LogP contribution < -0.4 is 4.74 Å². The smallest absolute Gasteiger partial charge is 0.300 e. The first-order valence-corrected chi connectivity index (χ1v) is 3.33. The predicted molar refractivity (Wildman–Crippen MR) is 38.9 cm³/mol. The molecule has 70 valence electrons. The van der Waals surface area contributed by atoms with E-state index in [1.807, 2.05) is 0 Å². The number of Topliss-reactive ketones (excluding diaryl/α,β-unsaturated/α-hetero) is 1. The van der Waals surface area contributed by atoms with Crippen molar-refractivity contribution in [1.29, 1.82) is 0 Å². The topological polar surface area (TPSA) is 52.1 Å². The summed E-state index contributed by atoms with van der Waals surface area (Å²) in [4.78, 5) is 17.8. The summed E-state index contributed by atoms with van der Waals surface area (Å²) in [5.74, 6) is -1.47.